The topological polar surface area (TPSA) is 102 Å². The Kier molecular flexibility index (Phi) is 5.62. The standard InChI is InChI=1S/C18H20F2N6O3S/c1-30(27,28)23-8-13-11-25(6-7-29-13)16-4-5-21-18(24-16)14-9-22-15-3-2-12(17(19)20)10-26(14)15/h2-5,9-10,13,17,23H,6-8,11H2,1H3/t13-/m1/s1. The molecule has 9 nitrogen and oxygen atoms in total. The van der Waals surface area contributed by atoms with E-state index in [2.05, 4.69) is 19.7 Å². The Morgan fingerprint density at radius 2 is 2.13 bits per heavy atom. The van der Waals surface area contributed by atoms with Gasteiger partial charge in [-0.25, -0.2) is 36.9 Å². The van der Waals surface area contributed by atoms with E-state index in [4.69, 9.17) is 4.74 Å². The van der Waals surface area contributed by atoms with Crippen LogP contribution in [-0.2, 0) is 14.8 Å². The van der Waals surface area contributed by atoms with Crippen LogP contribution in [-0.4, -0.2) is 66.4 Å². The second kappa shape index (κ2) is 8.20. The molecule has 1 aliphatic rings. The number of hydrogen-bond acceptors (Lipinski definition) is 7. The molecule has 0 unspecified atom stereocenters. The van der Waals surface area contributed by atoms with E-state index in [1.54, 1.807) is 22.9 Å². The lowest BCUT2D eigenvalue weighted by molar-refractivity contribution is 0.0440. The van der Waals surface area contributed by atoms with Crippen LogP contribution in [0.3, 0.4) is 0 Å². The third-order valence-electron chi connectivity index (χ3n) is 4.69. The molecule has 1 N–H and O–H groups in total. The molecule has 12 heteroatoms. The minimum atomic E-state index is -3.31. The maximum absolute atomic E-state index is 13.1. The van der Waals surface area contributed by atoms with Crippen molar-refractivity contribution in [3.05, 3.63) is 42.4 Å². The van der Waals surface area contributed by atoms with Crippen molar-refractivity contribution in [2.45, 2.75) is 12.5 Å². The van der Waals surface area contributed by atoms with Gasteiger partial charge in [0.15, 0.2) is 5.82 Å². The molecule has 30 heavy (non-hydrogen) atoms. The Morgan fingerprint density at radius 1 is 1.30 bits per heavy atom. The van der Waals surface area contributed by atoms with Crippen LogP contribution in [0.4, 0.5) is 14.6 Å². The second-order valence-electron chi connectivity index (χ2n) is 6.93. The van der Waals surface area contributed by atoms with Crippen molar-refractivity contribution in [3.63, 3.8) is 0 Å². The summed E-state index contributed by atoms with van der Waals surface area (Å²) in [4.78, 5) is 15.1. The summed E-state index contributed by atoms with van der Waals surface area (Å²) >= 11 is 0. The first-order chi connectivity index (χ1) is 14.3. The van der Waals surface area contributed by atoms with Gasteiger partial charge in [-0.2, -0.15) is 0 Å². The first-order valence-corrected chi connectivity index (χ1v) is 11.1. The zero-order valence-electron chi connectivity index (χ0n) is 16.1. The molecule has 160 valence electrons. The highest BCUT2D eigenvalue weighted by atomic mass is 32.2. The summed E-state index contributed by atoms with van der Waals surface area (Å²) in [5.41, 5.74) is 0.895. The number of morpholine rings is 1. The van der Waals surface area contributed by atoms with Gasteiger partial charge < -0.3 is 9.64 Å². The van der Waals surface area contributed by atoms with E-state index in [0.717, 1.165) is 6.26 Å². The summed E-state index contributed by atoms with van der Waals surface area (Å²) in [6, 6.07) is 4.60. The monoisotopic (exact) mass is 438 g/mol. The molecule has 3 aromatic rings. The second-order valence-corrected chi connectivity index (χ2v) is 8.77. The minimum Gasteiger partial charge on any atom is -0.373 e. The number of ether oxygens (including phenoxy) is 1. The smallest absolute Gasteiger partial charge is 0.265 e. The fourth-order valence-electron chi connectivity index (χ4n) is 3.24. The molecule has 0 radical (unpaired) electrons. The predicted molar refractivity (Wildman–Crippen MR) is 106 cm³/mol. The van der Waals surface area contributed by atoms with Gasteiger partial charge in [0.05, 0.1) is 25.2 Å². The van der Waals surface area contributed by atoms with Gasteiger partial charge in [-0.3, -0.25) is 4.40 Å². The Bertz CT molecular complexity index is 1150. The lowest BCUT2D eigenvalue weighted by atomic mass is 10.2. The minimum absolute atomic E-state index is 0.118. The molecular formula is C18H20F2N6O3S. The van der Waals surface area contributed by atoms with Crippen molar-refractivity contribution >= 4 is 21.5 Å². The highest BCUT2D eigenvalue weighted by Gasteiger charge is 2.23. The highest BCUT2D eigenvalue weighted by molar-refractivity contribution is 7.88. The first kappa shape index (κ1) is 20.6. The number of rotatable bonds is 6. The Labute approximate surface area is 171 Å². The van der Waals surface area contributed by atoms with Gasteiger partial charge in [-0.1, -0.05) is 0 Å². The van der Waals surface area contributed by atoms with Crippen LogP contribution in [0.15, 0.2) is 36.8 Å². The van der Waals surface area contributed by atoms with Gasteiger partial charge in [0.1, 0.15) is 17.2 Å². The predicted octanol–water partition coefficient (Wildman–Crippen LogP) is 1.48. The summed E-state index contributed by atoms with van der Waals surface area (Å²) in [7, 11) is -3.31. The maximum Gasteiger partial charge on any atom is 0.265 e. The molecule has 4 rings (SSSR count). The zero-order valence-corrected chi connectivity index (χ0v) is 16.9. The van der Waals surface area contributed by atoms with Crippen LogP contribution >= 0.6 is 0 Å². The zero-order chi connectivity index (χ0) is 21.3. The van der Waals surface area contributed by atoms with Gasteiger partial charge in [0, 0.05) is 37.6 Å². The van der Waals surface area contributed by atoms with E-state index in [0.29, 0.717) is 42.7 Å². The normalized spacial score (nSPS) is 17.7. The molecular weight excluding hydrogens is 418 g/mol. The van der Waals surface area contributed by atoms with Gasteiger partial charge >= 0.3 is 0 Å². The van der Waals surface area contributed by atoms with Crippen molar-refractivity contribution in [1.82, 2.24) is 24.1 Å². The first-order valence-electron chi connectivity index (χ1n) is 9.20. The molecule has 0 aromatic carbocycles. The number of nitrogens with zero attached hydrogens (tertiary/aromatic N) is 5. The number of halogens is 2. The van der Waals surface area contributed by atoms with Crippen LogP contribution in [0.2, 0.25) is 0 Å². The molecule has 1 aliphatic heterocycles. The molecule has 1 saturated heterocycles. The van der Waals surface area contributed by atoms with Gasteiger partial charge in [-0.15, -0.1) is 0 Å². The fourth-order valence-corrected chi connectivity index (χ4v) is 3.72. The average molecular weight is 438 g/mol. The molecule has 0 bridgehead atoms. The third-order valence-corrected chi connectivity index (χ3v) is 5.38. The lowest BCUT2D eigenvalue weighted by Crippen LogP contribution is -2.47. The van der Waals surface area contributed by atoms with Crippen LogP contribution in [0.25, 0.3) is 17.2 Å². The van der Waals surface area contributed by atoms with Crippen molar-refractivity contribution < 1.29 is 21.9 Å². The number of pyridine rings is 1. The number of imidazole rings is 1. The number of aromatic nitrogens is 4. The van der Waals surface area contributed by atoms with Crippen molar-refractivity contribution in [3.8, 4) is 11.5 Å². The van der Waals surface area contributed by atoms with Crippen LogP contribution in [0.1, 0.15) is 12.0 Å². The van der Waals surface area contributed by atoms with E-state index in [-0.39, 0.29) is 18.2 Å². The quantitative estimate of drug-likeness (QED) is 0.622. The molecule has 0 amide bonds. The lowest BCUT2D eigenvalue weighted by Gasteiger charge is -2.33. The fraction of sp³-hybridized carbons (Fsp3) is 0.389. The molecule has 1 atom stereocenters. The Hall–Kier alpha value is -2.70. The van der Waals surface area contributed by atoms with E-state index in [1.165, 1.54) is 18.3 Å². The number of anilines is 1. The molecule has 4 heterocycles. The van der Waals surface area contributed by atoms with E-state index < -0.39 is 16.4 Å². The summed E-state index contributed by atoms with van der Waals surface area (Å²) in [6.07, 6.45) is 2.65. The van der Waals surface area contributed by atoms with Crippen LogP contribution in [0, 0.1) is 0 Å². The molecule has 1 fully saturated rings. The summed E-state index contributed by atoms with van der Waals surface area (Å²) in [6.45, 7) is 1.61. The summed E-state index contributed by atoms with van der Waals surface area (Å²) < 4.78 is 58.4. The average Bonchev–Trinajstić information content (AvgIpc) is 3.15. The van der Waals surface area contributed by atoms with Gasteiger partial charge in [0.2, 0.25) is 10.0 Å². The number of hydrogen-bond donors (Lipinski definition) is 1. The number of fused-ring (bicyclic) bond motifs is 1. The summed E-state index contributed by atoms with van der Waals surface area (Å²) in [5, 5.41) is 0. The number of nitrogens with one attached hydrogen (secondary N) is 1. The molecule has 0 aliphatic carbocycles. The van der Waals surface area contributed by atoms with Crippen molar-refractivity contribution in [2.24, 2.45) is 0 Å². The van der Waals surface area contributed by atoms with Crippen LogP contribution < -0.4 is 9.62 Å². The number of sulfonamides is 1. The highest BCUT2D eigenvalue weighted by Crippen LogP contribution is 2.24. The van der Waals surface area contributed by atoms with E-state index in [9.17, 15) is 17.2 Å². The van der Waals surface area contributed by atoms with Crippen molar-refractivity contribution in [1.29, 1.82) is 0 Å². The third kappa shape index (κ3) is 4.55. The molecule has 0 spiro atoms. The Balaban J connectivity index is 1.59. The summed E-state index contributed by atoms with van der Waals surface area (Å²) in [5.74, 6) is 0.983. The largest absolute Gasteiger partial charge is 0.373 e. The van der Waals surface area contributed by atoms with Crippen molar-refractivity contribution in [2.75, 3.05) is 37.4 Å². The van der Waals surface area contributed by atoms with E-state index >= 15 is 0 Å². The number of alkyl halides is 2. The van der Waals surface area contributed by atoms with E-state index in [1.807, 2.05) is 4.90 Å². The van der Waals surface area contributed by atoms with Gasteiger partial charge in [-0.05, 0) is 18.2 Å². The van der Waals surface area contributed by atoms with Crippen LogP contribution in [0.5, 0.6) is 0 Å². The van der Waals surface area contributed by atoms with Gasteiger partial charge in [0.25, 0.3) is 6.43 Å². The SMILES string of the molecule is CS(=O)(=O)NC[C@@H]1CN(c2ccnc(-c3cnc4ccc(C(F)F)cn34)n2)CCO1. The molecule has 3 aromatic heterocycles. The maximum atomic E-state index is 13.1. The Morgan fingerprint density at radius 3 is 2.90 bits per heavy atom. The molecule has 0 saturated carbocycles.